The molecule has 0 aliphatic heterocycles. The first-order chi connectivity index (χ1) is 14.0. The highest BCUT2D eigenvalue weighted by Crippen LogP contribution is 2.30. The number of fused-ring (bicyclic) bond motifs is 1. The molecule has 1 aromatic carbocycles. The summed E-state index contributed by atoms with van der Waals surface area (Å²) in [5.74, 6) is 0.674. The number of phenols is 1. The van der Waals surface area contributed by atoms with Gasteiger partial charge in [0.05, 0.1) is 5.71 Å². The van der Waals surface area contributed by atoms with Crippen molar-refractivity contribution in [2.24, 2.45) is 5.10 Å². The second-order valence-electron chi connectivity index (χ2n) is 7.71. The topological polar surface area (TPSA) is 104 Å². The molecule has 7 heteroatoms. The van der Waals surface area contributed by atoms with Crippen LogP contribution in [-0.4, -0.2) is 28.7 Å². The van der Waals surface area contributed by atoms with Crippen molar-refractivity contribution in [2.45, 2.75) is 57.9 Å². The summed E-state index contributed by atoms with van der Waals surface area (Å²) in [5.41, 5.74) is 5.31. The van der Waals surface area contributed by atoms with E-state index in [-0.39, 0.29) is 23.6 Å². The highest BCUT2D eigenvalue weighted by molar-refractivity contribution is 6.07. The second kappa shape index (κ2) is 8.11. The van der Waals surface area contributed by atoms with Gasteiger partial charge in [0, 0.05) is 29.2 Å². The van der Waals surface area contributed by atoms with Gasteiger partial charge in [0.1, 0.15) is 11.5 Å². The van der Waals surface area contributed by atoms with E-state index in [0.717, 1.165) is 61.1 Å². The third-order valence-corrected chi connectivity index (χ3v) is 5.64. The Bertz CT molecular complexity index is 953. The molecule has 152 valence electrons. The van der Waals surface area contributed by atoms with Crippen LogP contribution in [0.1, 0.15) is 76.3 Å². The quantitative estimate of drug-likeness (QED) is 0.690. The highest BCUT2D eigenvalue weighted by atomic mass is 16.4. The van der Waals surface area contributed by atoms with Crippen molar-refractivity contribution < 1.29 is 19.1 Å². The first kappa shape index (κ1) is 19.2. The minimum absolute atomic E-state index is 0.0993. The summed E-state index contributed by atoms with van der Waals surface area (Å²) in [5, 5.41) is 16.7. The molecule has 0 unspecified atom stereocenters. The van der Waals surface area contributed by atoms with Crippen LogP contribution in [0.25, 0.3) is 0 Å². The van der Waals surface area contributed by atoms with E-state index in [1.165, 1.54) is 24.3 Å². The molecule has 2 aromatic rings. The molecule has 0 atom stereocenters. The van der Waals surface area contributed by atoms with Crippen LogP contribution in [-0.2, 0) is 6.42 Å². The van der Waals surface area contributed by atoms with Gasteiger partial charge in [0.25, 0.3) is 11.8 Å². The number of carbonyl (C=O) groups excluding carboxylic acids is 2. The van der Waals surface area contributed by atoms with Gasteiger partial charge in [0.2, 0.25) is 0 Å². The zero-order valence-electron chi connectivity index (χ0n) is 16.5. The van der Waals surface area contributed by atoms with Crippen molar-refractivity contribution in [1.29, 1.82) is 0 Å². The number of aryl methyl sites for hydroxylation is 1. The largest absolute Gasteiger partial charge is 0.508 e. The molecular formula is C22H25N3O4. The number of nitrogens with zero attached hydrogens (tertiary/aromatic N) is 1. The number of rotatable bonds is 4. The third kappa shape index (κ3) is 4.04. The molecule has 0 saturated heterocycles. The molecule has 7 nitrogen and oxygen atoms in total. The van der Waals surface area contributed by atoms with Gasteiger partial charge in [-0.15, -0.1) is 0 Å². The SMILES string of the molecule is Cc1c(C(=O)NC2CCCC2)oc2c1/C(=N/NC(=O)c1ccc(O)cc1)CCC2. The molecule has 1 saturated carbocycles. The first-order valence-electron chi connectivity index (χ1n) is 10.1. The third-order valence-electron chi connectivity index (χ3n) is 5.64. The van der Waals surface area contributed by atoms with E-state index >= 15 is 0 Å². The maximum Gasteiger partial charge on any atom is 0.287 e. The Kier molecular flexibility index (Phi) is 5.38. The molecular weight excluding hydrogens is 370 g/mol. The summed E-state index contributed by atoms with van der Waals surface area (Å²) in [6, 6.07) is 6.20. The van der Waals surface area contributed by atoms with E-state index in [4.69, 9.17) is 4.42 Å². The zero-order valence-corrected chi connectivity index (χ0v) is 16.5. The van der Waals surface area contributed by atoms with Gasteiger partial charge in [-0.3, -0.25) is 9.59 Å². The molecule has 1 heterocycles. The Morgan fingerprint density at radius 1 is 1.07 bits per heavy atom. The number of aromatic hydroxyl groups is 1. The van der Waals surface area contributed by atoms with Gasteiger partial charge in [0.15, 0.2) is 5.76 Å². The number of hydrazone groups is 1. The maximum atomic E-state index is 12.7. The molecule has 1 fully saturated rings. The molecule has 2 aliphatic rings. The van der Waals surface area contributed by atoms with Crippen LogP contribution in [0.4, 0.5) is 0 Å². The number of carbonyl (C=O) groups is 2. The van der Waals surface area contributed by atoms with Crippen LogP contribution in [0.2, 0.25) is 0 Å². The molecule has 1 aromatic heterocycles. The van der Waals surface area contributed by atoms with Gasteiger partial charge < -0.3 is 14.8 Å². The number of hydrogen-bond donors (Lipinski definition) is 3. The minimum atomic E-state index is -0.357. The van der Waals surface area contributed by atoms with Crippen LogP contribution in [0.15, 0.2) is 33.8 Å². The lowest BCUT2D eigenvalue weighted by molar-refractivity contribution is 0.0906. The lowest BCUT2D eigenvalue weighted by Gasteiger charge is -2.13. The predicted octanol–water partition coefficient (Wildman–Crippen LogP) is 3.44. The second-order valence-corrected chi connectivity index (χ2v) is 7.71. The van der Waals surface area contributed by atoms with Crippen molar-refractivity contribution in [3.8, 4) is 5.75 Å². The van der Waals surface area contributed by atoms with Gasteiger partial charge in [-0.1, -0.05) is 12.8 Å². The Hall–Kier alpha value is -3.09. The van der Waals surface area contributed by atoms with E-state index in [1.54, 1.807) is 0 Å². The van der Waals surface area contributed by atoms with Crippen molar-refractivity contribution in [1.82, 2.24) is 10.7 Å². The summed E-state index contributed by atoms with van der Waals surface area (Å²) < 4.78 is 5.91. The summed E-state index contributed by atoms with van der Waals surface area (Å²) in [7, 11) is 0. The number of benzene rings is 1. The van der Waals surface area contributed by atoms with Crippen LogP contribution >= 0.6 is 0 Å². The number of amides is 2. The molecule has 4 rings (SSSR count). The summed E-state index contributed by atoms with van der Waals surface area (Å²) in [4.78, 5) is 25.0. The van der Waals surface area contributed by atoms with Crippen molar-refractivity contribution in [3.05, 3.63) is 52.5 Å². The molecule has 2 amide bonds. The smallest absolute Gasteiger partial charge is 0.287 e. The van der Waals surface area contributed by atoms with Crippen LogP contribution in [0.5, 0.6) is 5.75 Å². The fourth-order valence-electron chi connectivity index (χ4n) is 4.11. The van der Waals surface area contributed by atoms with Crippen LogP contribution in [0.3, 0.4) is 0 Å². The Balaban J connectivity index is 1.53. The fourth-order valence-corrected chi connectivity index (χ4v) is 4.11. The van der Waals surface area contributed by atoms with Crippen molar-refractivity contribution in [3.63, 3.8) is 0 Å². The molecule has 3 N–H and O–H groups in total. The van der Waals surface area contributed by atoms with E-state index in [2.05, 4.69) is 15.8 Å². The Labute approximate surface area is 169 Å². The van der Waals surface area contributed by atoms with Gasteiger partial charge in [-0.05, 0) is 56.9 Å². The molecule has 2 aliphatic carbocycles. The summed E-state index contributed by atoms with van der Waals surface area (Å²) in [6.07, 6.45) is 6.62. The first-order valence-corrected chi connectivity index (χ1v) is 10.1. The van der Waals surface area contributed by atoms with Crippen LogP contribution in [0, 0.1) is 6.92 Å². The van der Waals surface area contributed by atoms with E-state index in [1.807, 2.05) is 6.92 Å². The number of nitrogens with one attached hydrogen (secondary N) is 2. The summed E-state index contributed by atoms with van der Waals surface area (Å²) >= 11 is 0. The van der Waals surface area contributed by atoms with Crippen molar-refractivity contribution in [2.75, 3.05) is 0 Å². The maximum absolute atomic E-state index is 12.7. The normalized spacial score (nSPS) is 17.9. The Morgan fingerprint density at radius 3 is 2.52 bits per heavy atom. The number of hydrogen-bond acceptors (Lipinski definition) is 5. The predicted molar refractivity (Wildman–Crippen MR) is 108 cm³/mol. The zero-order chi connectivity index (χ0) is 20.4. The van der Waals surface area contributed by atoms with Gasteiger partial charge >= 0.3 is 0 Å². The molecule has 29 heavy (non-hydrogen) atoms. The lowest BCUT2D eigenvalue weighted by atomic mass is 9.93. The average molecular weight is 395 g/mol. The molecule has 0 radical (unpaired) electrons. The number of furan rings is 1. The fraction of sp³-hybridized carbons (Fsp3) is 0.409. The monoisotopic (exact) mass is 395 g/mol. The summed E-state index contributed by atoms with van der Waals surface area (Å²) in [6.45, 7) is 1.87. The Morgan fingerprint density at radius 2 is 1.79 bits per heavy atom. The molecule has 0 spiro atoms. The van der Waals surface area contributed by atoms with E-state index in [0.29, 0.717) is 17.7 Å². The van der Waals surface area contributed by atoms with Crippen LogP contribution < -0.4 is 10.7 Å². The molecule has 0 bridgehead atoms. The van der Waals surface area contributed by atoms with Crippen molar-refractivity contribution >= 4 is 17.5 Å². The van der Waals surface area contributed by atoms with E-state index < -0.39 is 0 Å². The van der Waals surface area contributed by atoms with Gasteiger partial charge in [-0.25, -0.2) is 5.43 Å². The lowest BCUT2D eigenvalue weighted by Crippen LogP contribution is -2.32. The van der Waals surface area contributed by atoms with E-state index in [9.17, 15) is 14.7 Å². The standard InChI is InChI=1S/C22H25N3O4/c1-13-19-17(24-25-21(27)14-9-11-16(26)12-10-14)7-4-8-18(19)29-20(13)22(28)23-15-5-2-3-6-15/h9-12,15,26H,2-8H2,1H3,(H,23,28)(H,25,27)/b24-17+. The van der Waals surface area contributed by atoms with Gasteiger partial charge in [-0.2, -0.15) is 5.10 Å². The average Bonchev–Trinajstić information content (AvgIpc) is 3.35. The number of phenolic OH excluding ortho intramolecular Hbond substituents is 1. The minimum Gasteiger partial charge on any atom is -0.508 e. The highest BCUT2D eigenvalue weighted by Gasteiger charge is 2.29.